The molecule has 0 unspecified atom stereocenters. The maximum absolute atomic E-state index is 10.8. The number of hydrogen-bond donors (Lipinski definition) is 2. The van der Waals surface area contributed by atoms with Crippen LogP contribution in [0.25, 0.3) is 0 Å². The molecule has 1 aliphatic heterocycles. The normalized spacial score (nSPS) is 16.2. The van der Waals surface area contributed by atoms with Crippen molar-refractivity contribution in [3.05, 3.63) is 23.9 Å². The first-order chi connectivity index (χ1) is 9.25. The van der Waals surface area contributed by atoms with Gasteiger partial charge in [0, 0.05) is 6.54 Å². The molecule has 5 heteroatoms. The molecule has 0 aromatic carbocycles. The SMILES string of the molecule is O=C(O)c1cccc(NCCCN2CCCCC2)n1. The molecular weight excluding hydrogens is 242 g/mol. The second-order valence-electron chi connectivity index (χ2n) is 4.90. The first-order valence-corrected chi connectivity index (χ1v) is 6.92. The molecule has 0 spiro atoms. The van der Waals surface area contributed by atoms with Gasteiger partial charge in [-0.1, -0.05) is 12.5 Å². The van der Waals surface area contributed by atoms with E-state index in [1.54, 1.807) is 12.1 Å². The molecule has 104 valence electrons. The number of nitrogens with one attached hydrogen (secondary N) is 1. The van der Waals surface area contributed by atoms with E-state index in [0.29, 0.717) is 5.82 Å². The molecule has 2 rings (SSSR count). The standard InChI is InChI=1S/C14H21N3O2/c18-14(19)12-6-4-7-13(16-12)15-8-5-11-17-9-2-1-3-10-17/h4,6-7H,1-3,5,8-11H2,(H,15,16)(H,18,19). The molecule has 1 saturated heterocycles. The van der Waals surface area contributed by atoms with Gasteiger partial charge in [0.05, 0.1) is 0 Å². The van der Waals surface area contributed by atoms with E-state index in [4.69, 9.17) is 5.11 Å². The number of anilines is 1. The Morgan fingerprint density at radius 3 is 2.84 bits per heavy atom. The van der Waals surface area contributed by atoms with E-state index in [1.165, 1.54) is 38.4 Å². The largest absolute Gasteiger partial charge is 0.477 e. The van der Waals surface area contributed by atoms with Crippen LogP contribution in [0, 0.1) is 0 Å². The van der Waals surface area contributed by atoms with Crippen LogP contribution in [-0.2, 0) is 0 Å². The van der Waals surface area contributed by atoms with Crippen LogP contribution in [0.15, 0.2) is 18.2 Å². The summed E-state index contributed by atoms with van der Waals surface area (Å²) in [4.78, 5) is 17.3. The van der Waals surface area contributed by atoms with Gasteiger partial charge in [-0.05, 0) is 51.0 Å². The highest BCUT2D eigenvalue weighted by atomic mass is 16.4. The van der Waals surface area contributed by atoms with Crippen molar-refractivity contribution in [3.8, 4) is 0 Å². The van der Waals surface area contributed by atoms with E-state index in [9.17, 15) is 4.79 Å². The van der Waals surface area contributed by atoms with E-state index in [2.05, 4.69) is 15.2 Å². The highest BCUT2D eigenvalue weighted by Gasteiger charge is 2.09. The number of piperidine rings is 1. The van der Waals surface area contributed by atoms with Crippen LogP contribution in [0.4, 0.5) is 5.82 Å². The summed E-state index contributed by atoms with van der Waals surface area (Å²) < 4.78 is 0. The number of carboxylic acids is 1. The van der Waals surface area contributed by atoms with E-state index in [0.717, 1.165) is 19.5 Å². The topological polar surface area (TPSA) is 65.5 Å². The lowest BCUT2D eigenvalue weighted by Gasteiger charge is -2.26. The Balaban J connectivity index is 1.70. The number of carboxylic acid groups (broad SMARTS) is 1. The van der Waals surface area contributed by atoms with Crippen LogP contribution in [0.2, 0.25) is 0 Å². The fourth-order valence-electron chi connectivity index (χ4n) is 2.35. The van der Waals surface area contributed by atoms with Crippen LogP contribution >= 0.6 is 0 Å². The Morgan fingerprint density at radius 2 is 2.11 bits per heavy atom. The van der Waals surface area contributed by atoms with Crippen LogP contribution in [0.5, 0.6) is 0 Å². The molecule has 0 saturated carbocycles. The Bertz CT molecular complexity index is 417. The molecule has 0 atom stereocenters. The number of carbonyl (C=O) groups is 1. The molecule has 0 aliphatic carbocycles. The smallest absolute Gasteiger partial charge is 0.354 e. The minimum Gasteiger partial charge on any atom is -0.477 e. The predicted octanol–water partition coefficient (Wildman–Crippen LogP) is 2.07. The summed E-state index contributed by atoms with van der Waals surface area (Å²) in [6.07, 6.45) is 5.05. The Labute approximate surface area is 113 Å². The average Bonchev–Trinajstić information content (AvgIpc) is 2.45. The van der Waals surface area contributed by atoms with Crippen molar-refractivity contribution in [2.45, 2.75) is 25.7 Å². The van der Waals surface area contributed by atoms with Crippen molar-refractivity contribution in [2.75, 3.05) is 31.5 Å². The average molecular weight is 263 g/mol. The quantitative estimate of drug-likeness (QED) is 0.769. The summed E-state index contributed by atoms with van der Waals surface area (Å²) in [5.74, 6) is -0.351. The summed E-state index contributed by atoms with van der Waals surface area (Å²) in [5.41, 5.74) is 0.0843. The number of likely N-dealkylation sites (tertiary alicyclic amines) is 1. The van der Waals surface area contributed by atoms with E-state index in [-0.39, 0.29) is 5.69 Å². The number of aromatic nitrogens is 1. The predicted molar refractivity (Wildman–Crippen MR) is 74.6 cm³/mol. The molecule has 2 N–H and O–H groups in total. The van der Waals surface area contributed by atoms with E-state index >= 15 is 0 Å². The molecule has 1 aliphatic rings. The van der Waals surface area contributed by atoms with Gasteiger partial charge in [0.1, 0.15) is 5.82 Å². The lowest BCUT2D eigenvalue weighted by atomic mass is 10.1. The third-order valence-corrected chi connectivity index (χ3v) is 3.37. The first kappa shape index (κ1) is 13.8. The molecule has 5 nitrogen and oxygen atoms in total. The molecule has 0 amide bonds. The summed E-state index contributed by atoms with van der Waals surface area (Å²) in [5, 5.41) is 12.0. The fraction of sp³-hybridized carbons (Fsp3) is 0.571. The van der Waals surface area contributed by atoms with Crippen molar-refractivity contribution in [1.82, 2.24) is 9.88 Å². The second kappa shape index (κ2) is 7.09. The van der Waals surface area contributed by atoms with Gasteiger partial charge in [0.2, 0.25) is 0 Å². The van der Waals surface area contributed by atoms with Crippen molar-refractivity contribution in [1.29, 1.82) is 0 Å². The lowest BCUT2D eigenvalue weighted by Crippen LogP contribution is -2.31. The maximum Gasteiger partial charge on any atom is 0.354 e. The number of rotatable bonds is 6. The van der Waals surface area contributed by atoms with E-state index in [1.807, 2.05) is 0 Å². The molecular formula is C14H21N3O2. The van der Waals surface area contributed by atoms with Gasteiger partial charge < -0.3 is 15.3 Å². The van der Waals surface area contributed by atoms with Gasteiger partial charge in [-0.15, -0.1) is 0 Å². The van der Waals surface area contributed by atoms with Gasteiger partial charge in [-0.3, -0.25) is 0 Å². The zero-order chi connectivity index (χ0) is 13.5. The van der Waals surface area contributed by atoms with Crippen LogP contribution < -0.4 is 5.32 Å². The zero-order valence-corrected chi connectivity index (χ0v) is 11.1. The number of nitrogens with zero attached hydrogens (tertiary/aromatic N) is 2. The van der Waals surface area contributed by atoms with Gasteiger partial charge >= 0.3 is 5.97 Å². The van der Waals surface area contributed by atoms with Crippen molar-refractivity contribution in [3.63, 3.8) is 0 Å². The Kier molecular flexibility index (Phi) is 5.15. The molecule has 0 bridgehead atoms. The fourth-order valence-corrected chi connectivity index (χ4v) is 2.35. The molecule has 19 heavy (non-hydrogen) atoms. The third-order valence-electron chi connectivity index (χ3n) is 3.37. The van der Waals surface area contributed by atoms with Crippen LogP contribution in [0.1, 0.15) is 36.2 Å². The monoisotopic (exact) mass is 263 g/mol. The molecule has 1 aromatic heterocycles. The molecule has 2 heterocycles. The minimum atomic E-state index is -0.989. The molecule has 1 aromatic rings. The van der Waals surface area contributed by atoms with Crippen LogP contribution in [0.3, 0.4) is 0 Å². The first-order valence-electron chi connectivity index (χ1n) is 6.92. The maximum atomic E-state index is 10.8. The Hall–Kier alpha value is -1.62. The Morgan fingerprint density at radius 1 is 1.32 bits per heavy atom. The second-order valence-corrected chi connectivity index (χ2v) is 4.90. The molecule has 1 fully saturated rings. The molecule has 0 radical (unpaired) electrons. The zero-order valence-electron chi connectivity index (χ0n) is 11.1. The van der Waals surface area contributed by atoms with E-state index < -0.39 is 5.97 Å². The van der Waals surface area contributed by atoms with Crippen molar-refractivity contribution >= 4 is 11.8 Å². The number of aromatic carboxylic acids is 1. The highest BCUT2D eigenvalue weighted by Crippen LogP contribution is 2.09. The number of pyridine rings is 1. The highest BCUT2D eigenvalue weighted by molar-refractivity contribution is 5.85. The lowest BCUT2D eigenvalue weighted by molar-refractivity contribution is 0.0690. The third kappa shape index (κ3) is 4.52. The van der Waals surface area contributed by atoms with Gasteiger partial charge in [-0.25, -0.2) is 9.78 Å². The van der Waals surface area contributed by atoms with Gasteiger partial charge in [0.15, 0.2) is 5.69 Å². The minimum absolute atomic E-state index is 0.0843. The summed E-state index contributed by atoms with van der Waals surface area (Å²) in [6.45, 7) is 4.36. The summed E-state index contributed by atoms with van der Waals surface area (Å²) in [6, 6.07) is 5.01. The van der Waals surface area contributed by atoms with Crippen molar-refractivity contribution in [2.24, 2.45) is 0 Å². The van der Waals surface area contributed by atoms with Crippen LogP contribution in [-0.4, -0.2) is 47.1 Å². The number of hydrogen-bond acceptors (Lipinski definition) is 4. The van der Waals surface area contributed by atoms with Gasteiger partial charge in [-0.2, -0.15) is 0 Å². The van der Waals surface area contributed by atoms with Crippen molar-refractivity contribution < 1.29 is 9.90 Å². The summed E-state index contributed by atoms with van der Waals surface area (Å²) in [7, 11) is 0. The summed E-state index contributed by atoms with van der Waals surface area (Å²) >= 11 is 0. The van der Waals surface area contributed by atoms with Gasteiger partial charge in [0.25, 0.3) is 0 Å².